The van der Waals surface area contributed by atoms with Gasteiger partial charge in [0.25, 0.3) is 0 Å². The highest BCUT2D eigenvalue weighted by molar-refractivity contribution is 5.73. The van der Waals surface area contributed by atoms with Crippen LogP contribution in [0.15, 0.2) is 30.3 Å². The minimum Gasteiger partial charge on any atom is -0.507 e. The van der Waals surface area contributed by atoms with E-state index in [1.807, 2.05) is 0 Å². The van der Waals surface area contributed by atoms with Gasteiger partial charge in [0.05, 0.1) is 11.1 Å². The maximum Gasteiger partial charge on any atom is 0.432 e. The van der Waals surface area contributed by atoms with Gasteiger partial charge in [0.2, 0.25) is 0 Å². The zero-order valence-corrected chi connectivity index (χ0v) is 17.9. The number of halogens is 10. The number of benzene rings is 3. The highest BCUT2D eigenvalue weighted by Gasteiger charge is 2.43. The second kappa shape index (κ2) is 10.2. The van der Waals surface area contributed by atoms with Crippen LogP contribution in [-0.2, 0) is 12.5 Å². The molecular weight excluding hydrogens is 514 g/mol. The normalized spacial score (nSPS) is 11.8. The molecule has 13 heteroatoms. The van der Waals surface area contributed by atoms with Gasteiger partial charge in [-0.05, 0) is 24.1 Å². The lowest BCUT2D eigenvalue weighted by Gasteiger charge is -2.22. The van der Waals surface area contributed by atoms with E-state index < -0.39 is 81.6 Å². The number of phenolic OH excluding ortho intramolecular Hbond substituents is 1. The minimum absolute atomic E-state index is 0.0301. The summed E-state index contributed by atoms with van der Waals surface area (Å²) in [6.07, 6.45) is -4.41. The number of hydrogen-bond acceptors (Lipinski definition) is 3. The van der Waals surface area contributed by atoms with Crippen LogP contribution < -0.4 is 9.47 Å². The molecule has 0 aliphatic carbocycles. The fourth-order valence-electron chi connectivity index (χ4n) is 3.40. The SMILES string of the molecule is CCCc1cc(F)c(-c2c(O)cc(F)c(C(F)(F)Oc3cc(F)c(OC(F)F)c(F)c3)c2F)c(F)c1. The highest BCUT2D eigenvalue weighted by atomic mass is 19.3. The Labute approximate surface area is 196 Å². The fourth-order valence-corrected chi connectivity index (χ4v) is 3.40. The van der Waals surface area contributed by atoms with Crippen LogP contribution in [0.25, 0.3) is 11.1 Å². The van der Waals surface area contributed by atoms with E-state index in [1.165, 1.54) is 0 Å². The summed E-state index contributed by atoms with van der Waals surface area (Å²) in [4.78, 5) is 0. The van der Waals surface area contributed by atoms with Crippen LogP contribution >= 0.6 is 0 Å². The van der Waals surface area contributed by atoms with Crippen LogP contribution in [0.4, 0.5) is 43.9 Å². The molecule has 3 nitrogen and oxygen atoms in total. The Morgan fingerprint density at radius 1 is 0.806 bits per heavy atom. The Kier molecular flexibility index (Phi) is 7.60. The van der Waals surface area contributed by atoms with Crippen molar-refractivity contribution < 1.29 is 58.5 Å². The molecule has 0 fully saturated rings. The molecule has 0 aromatic heterocycles. The quantitative estimate of drug-likeness (QED) is 0.307. The van der Waals surface area contributed by atoms with Gasteiger partial charge in [-0.15, -0.1) is 0 Å². The van der Waals surface area contributed by atoms with Gasteiger partial charge in [-0.25, -0.2) is 26.3 Å². The summed E-state index contributed by atoms with van der Waals surface area (Å²) in [6, 6.07) is 1.42. The maximum absolute atomic E-state index is 15.1. The highest BCUT2D eigenvalue weighted by Crippen LogP contribution is 2.44. The molecule has 0 aliphatic rings. The van der Waals surface area contributed by atoms with Gasteiger partial charge < -0.3 is 14.6 Å². The Hall–Kier alpha value is -3.64. The number of hydrogen-bond donors (Lipinski definition) is 1. The molecule has 0 atom stereocenters. The predicted molar refractivity (Wildman–Crippen MR) is 105 cm³/mol. The average Bonchev–Trinajstić information content (AvgIpc) is 2.71. The van der Waals surface area contributed by atoms with Crippen LogP contribution in [0.1, 0.15) is 24.5 Å². The van der Waals surface area contributed by atoms with Gasteiger partial charge in [-0.2, -0.15) is 17.6 Å². The summed E-state index contributed by atoms with van der Waals surface area (Å²) in [5.74, 6) is -15.7. The van der Waals surface area contributed by atoms with Crippen molar-refractivity contribution in [2.24, 2.45) is 0 Å². The fraction of sp³-hybridized carbons (Fsp3) is 0.217. The van der Waals surface area contributed by atoms with Gasteiger partial charge in [0.15, 0.2) is 23.2 Å². The van der Waals surface area contributed by atoms with E-state index in [0.717, 1.165) is 12.1 Å². The van der Waals surface area contributed by atoms with E-state index in [0.29, 0.717) is 6.42 Å². The van der Waals surface area contributed by atoms with Gasteiger partial charge in [-0.1, -0.05) is 13.3 Å². The zero-order chi connectivity index (χ0) is 26.9. The number of aromatic hydroxyl groups is 1. The summed E-state index contributed by atoms with van der Waals surface area (Å²) in [6.45, 7) is -1.97. The lowest BCUT2D eigenvalue weighted by Crippen LogP contribution is -2.26. The first-order valence-corrected chi connectivity index (χ1v) is 9.97. The Bertz CT molecular complexity index is 1250. The standard InChI is InChI=1S/C23H14F10O3/c1-2-3-9-4-11(24)17(12(25)5-9)18-16(34)8-13(26)19(20(18)29)23(32,33)36-10-6-14(27)21(15(28)7-10)35-22(30)31/h4-8,22,34H,2-3H2,1H3. The molecule has 0 spiro atoms. The second-order valence-electron chi connectivity index (χ2n) is 7.34. The summed E-state index contributed by atoms with van der Waals surface area (Å²) >= 11 is 0. The first kappa shape index (κ1) is 27.0. The smallest absolute Gasteiger partial charge is 0.432 e. The van der Waals surface area contributed by atoms with E-state index in [9.17, 15) is 44.6 Å². The van der Waals surface area contributed by atoms with Crippen LogP contribution in [0, 0.1) is 34.9 Å². The van der Waals surface area contributed by atoms with Crippen molar-refractivity contribution in [2.75, 3.05) is 0 Å². The third-order valence-corrected chi connectivity index (χ3v) is 4.80. The van der Waals surface area contributed by atoms with Crippen LogP contribution in [0.5, 0.6) is 17.2 Å². The Balaban J connectivity index is 2.11. The van der Waals surface area contributed by atoms with E-state index in [2.05, 4.69) is 9.47 Å². The lowest BCUT2D eigenvalue weighted by atomic mass is 9.96. The molecular formula is C23H14F10O3. The monoisotopic (exact) mass is 528 g/mol. The van der Waals surface area contributed by atoms with E-state index in [4.69, 9.17) is 0 Å². The largest absolute Gasteiger partial charge is 0.507 e. The average molecular weight is 528 g/mol. The third-order valence-electron chi connectivity index (χ3n) is 4.80. The van der Waals surface area contributed by atoms with Crippen molar-refractivity contribution >= 4 is 0 Å². The van der Waals surface area contributed by atoms with Gasteiger partial charge >= 0.3 is 12.7 Å². The van der Waals surface area contributed by atoms with Crippen molar-refractivity contribution in [3.63, 3.8) is 0 Å². The van der Waals surface area contributed by atoms with Crippen LogP contribution in [0.3, 0.4) is 0 Å². The summed E-state index contributed by atoms with van der Waals surface area (Å²) in [5, 5.41) is 9.93. The Morgan fingerprint density at radius 3 is 1.86 bits per heavy atom. The molecule has 0 saturated heterocycles. The predicted octanol–water partition coefficient (Wildman–Crippen LogP) is 7.58. The number of phenols is 1. The van der Waals surface area contributed by atoms with Crippen molar-refractivity contribution in [3.8, 4) is 28.4 Å². The molecule has 0 aliphatic heterocycles. The van der Waals surface area contributed by atoms with E-state index in [1.54, 1.807) is 6.92 Å². The maximum atomic E-state index is 15.1. The number of aryl methyl sites for hydroxylation is 1. The van der Waals surface area contributed by atoms with Gasteiger partial charge in [0, 0.05) is 18.2 Å². The van der Waals surface area contributed by atoms with Crippen LogP contribution in [0.2, 0.25) is 0 Å². The number of ether oxygens (including phenoxy) is 2. The molecule has 3 aromatic rings. The molecule has 194 valence electrons. The zero-order valence-electron chi connectivity index (χ0n) is 17.9. The third kappa shape index (κ3) is 5.29. The molecule has 0 unspecified atom stereocenters. The molecule has 36 heavy (non-hydrogen) atoms. The molecule has 0 saturated carbocycles. The van der Waals surface area contributed by atoms with Gasteiger partial charge in [-0.3, -0.25) is 0 Å². The molecule has 1 N–H and O–H groups in total. The van der Waals surface area contributed by atoms with Crippen molar-refractivity contribution in [1.29, 1.82) is 0 Å². The summed E-state index contributed by atoms with van der Waals surface area (Å²) in [5.41, 5.74) is -4.88. The summed E-state index contributed by atoms with van der Waals surface area (Å²) in [7, 11) is 0. The first-order valence-electron chi connectivity index (χ1n) is 9.97. The molecule has 0 amide bonds. The topological polar surface area (TPSA) is 38.7 Å². The lowest BCUT2D eigenvalue weighted by molar-refractivity contribution is -0.189. The molecule has 0 heterocycles. The van der Waals surface area contributed by atoms with E-state index in [-0.39, 0.29) is 30.2 Å². The van der Waals surface area contributed by atoms with Crippen molar-refractivity contribution in [2.45, 2.75) is 32.5 Å². The van der Waals surface area contributed by atoms with E-state index >= 15 is 4.39 Å². The summed E-state index contributed by atoms with van der Waals surface area (Å²) < 4.78 is 148. The molecule has 3 rings (SSSR count). The Morgan fingerprint density at radius 2 is 1.36 bits per heavy atom. The van der Waals surface area contributed by atoms with Crippen molar-refractivity contribution in [3.05, 3.63) is 76.4 Å². The second-order valence-corrected chi connectivity index (χ2v) is 7.34. The molecule has 0 radical (unpaired) electrons. The first-order chi connectivity index (χ1) is 16.8. The molecule has 3 aromatic carbocycles. The van der Waals surface area contributed by atoms with Gasteiger partial charge in [0.1, 0.15) is 34.5 Å². The number of alkyl halides is 4. The van der Waals surface area contributed by atoms with Crippen molar-refractivity contribution in [1.82, 2.24) is 0 Å². The van der Waals surface area contributed by atoms with Crippen LogP contribution in [-0.4, -0.2) is 11.7 Å². The number of rotatable bonds is 8. The molecule has 0 bridgehead atoms. The minimum atomic E-state index is -5.09.